The summed E-state index contributed by atoms with van der Waals surface area (Å²) < 4.78 is 3.12. The Kier molecular flexibility index (Phi) is 4.94. The number of nitrogens with one attached hydrogen (secondary N) is 1. The fourth-order valence-electron chi connectivity index (χ4n) is 2.81. The predicted molar refractivity (Wildman–Crippen MR) is 109 cm³/mol. The van der Waals surface area contributed by atoms with Crippen molar-refractivity contribution < 1.29 is 4.79 Å². The summed E-state index contributed by atoms with van der Waals surface area (Å²) in [6.45, 7) is 1.97. The number of aryl methyl sites for hydroxylation is 1. The number of benzene rings is 2. The Labute approximate surface area is 165 Å². The van der Waals surface area contributed by atoms with Crippen molar-refractivity contribution in [2.24, 2.45) is 0 Å². The van der Waals surface area contributed by atoms with E-state index in [1.165, 1.54) is 16.3 Å². The molecule has 1 amide bonds. The van der Waals surface area contributed by atoms with Gasteiger partial charge in [0.05, 0.1) is 5.75 Å². The van der Waals surface area contributed by atoms with Gasteiger partial charge in [-0.15, -0.1) is 10.2 Å². The topological polar surface area (TPSA) is 81.3 Å². The van der Waals surface area contributed by atoms with Gasteiger partial charge in [0.1, 0.15) is 0 Å². The van der Waals surface area contributed by atoms with Gasteiger partial charge in [-0.1, -0.05) is 42.1 Å². The Bertz CT molecular complexity index is 1200. The Hall–Kier alpha value is -3.39. The minimum atomic E-state index is -0.266. The molecule has 4 aromatic rings. The molecule has 2 heterocycles. The number of hydrogen-bond acceptors (Lipinski definition) is 5. The van der Waals surface area contributed by atoms with Crippen LogP contribution in [0.3, 0.4) is 0 Å². The third-order valence-electron chi connectivity index (χ3n) is 4.11. The zero-order chi connectivity index (χ0) is 19.5. The first kappa shape index (κ1) is 18.0. The molecule has 1 N–H and O–H groups in total. The van der Waals surface area contributed by atoms with Gasteiger partial charge in [0, 0.05) is 23.8 Å². The highest BCUT2D eigenvalue weighted by atomic mass is 32.2. The normalized spacial score (nSPS) is 10.9. The summed E-state index contributed by atoms with van der Waals surface area (Å²) in [6, 6.07) is 16.9. The van der Waals surface area contributed by atoms with E-state index in [4.69, 9.17) is 0 Å². The first-order valence-electron chi connectivity index (χ1n) is 8.63. The molecule has 0 unspecified atom stereocenters. The fourth-order valence-corrected chi connectivity index (χ4v) is 3.52. The van der Waals surface area contributed by atoms with Crippen LogP contribution in [0, 0.1) is 6.92 Å². The summed E-state index contributed by atoms with van der Waals surface area (Å²) in [6.07, 6.45) is 3.40. The second kappa shape index (κ2) is 7.69. The molecule has 0 bridgehead atoms. The van der Waals surface area contributed by atoms with Gasteiger partial charge in [0.25, 0.3) is 0 Å². The van der Waals surface area contributed by atoms with Crippen LogP contribution in [-0.4, -0.2) is 30.8 Å². The standard InChI is InChI=1S/C20H17N5O2S/c1-14-6-5-7-15(12-14)21-17(26)13-28-20-23-22-18-19(27)24(10-11-25(18)20)16-8-3-2-4-9-16/h2-12H,13H2,1H3,(H,21,26). The summed E-state index contributed by atoms with van der Waals surface area (Å²) in [5.74, 6) is 0.0150. The summed E-state index contributed by atoms with van der Waals surface area (Å²) in [7, 11) is 0. The first-order chi connectivity index (χ1) is 13.6. The molecule has 0 fully saturated rings. The van der Waals surface area contributed by atoms with Gasteiger partial charge in [-0.2, -0.15) is 0 Å². The van der Waals surface area contributed by atoms with Crippen molar-refractivity contribution in [2.45, 2.75) is 12.1 Å². The molecule has 0 aliphatic carbocycles. The third kappa shape index (κ3) is 3.67. The maximum atomic E-state index is 12.7. The highest BCUT2D eigenvalue weighted by Gasteiger charge is 2.13. The molecule has 0 aliphatic heterocycles. The average molecular weight is 391 g/mol. The molecule has 28 heavy (non-hydrogen) atoms. The minimum Gasteiger partial charge on any atom is -0.325 e. The molecule has 140 valence electrons. The second-order valence-electron chi connectivity index (χ2n) is 6.19. The van der Waals surface area contributed by atoms with Crippen molar-refractivity contribution in [3.63, 3.8) is 0 Å². The van der Waals surface area contributed by atoms with Gasteiger partial charge in [0.15, 0.2) is 5.16 Å². The number of nitrogens with zero attached hydrogens (tertiary/aromatic N) is 4. The fraction of sp³-hybridized carbons (Fsp3) is 0.100. The molecule has 0 saturated carbocycles. The van der Waals surface area contributed by atoms with Crippen LogP contribution in [-0.2, 0) is 4.79 Å². The number of aromatic nitrogens is 4. The zero-order valence-electron chi connectivity index (χ0n) is 15.1. The Morgan fingerprint density at radius 2 is 1.89 bits per heavy atom. The molecule has 0 radical (unpaired) electrons. The van der Waals surface area contributed by atoms with Crippen LogP contribution in [0.1, 0.15) is 5.56 Å². The SMILES string of the molecule is Cc1cccc(NC(=O)CSc2nnc3c(=O)n(-c4ccccc4)ccn23)c1. The lowest BCUT2D eigenvalue weighted by Gasteiger charge is -2.07. The molecule has 2 aromatic carbocycles. The lowest BCUT2D eigenvalue weighted by atomic mass is 10.2. The van der Waals surface area contributed by atoms with E-state index in [2.05, 4.69) is 15.5 Å². The molecule has 0 spiro atoms. The van der Waals surface area contributed by atoms with Crippen LogP contribution in [0.25, 0.3) is 11.3 Å². The number of hydrogen-bond donors (Lipinski definition) is 1. The lowest BCUT2D eigenvalue weighted by Crippen LogP contribution is -2.20. The number of thioether (sulfide) groups is 1. The Morgan fingerprint density at radius 1 is 1.07 bits per heavy atom. The smallest absolute Gasteiger partial charge is 0.300 e. The van der Waals surface area contributed by atoms with E-state index in [0.29, 0.717) is 5.16 Å². The van der Waals surface area contributed by atoms with E-state index in [1.54, 1.807) is 16.8 Å². The molecule has 0 aliphatic rings. The molecule has 0 atom stereocenters. The highest BCUT2D eigenvalue weighted by molar-refractivity contribution is 7.99. The van der Waals surface area contributed by atoms with Gasteiger partial charge in [-0.25, -0.2) is 0 Å². The summed E-state index contributed by atoms with van der Waals surface area (Å²) in [5, 5.41) is 11.4. The van der Waals surface area contributed by atoms with Crippen molar-refractivity contribution in [3.8, 4) is 5.69 Å². The molecular formula is C20H17N5O2S. The van der Waals surface area contributed by atoms with Gasteiger partial charge in [-0.3, -0.25) is 18.6 Å². The third-order valence-corrected chi connectivity index (χ3v) is 5.05. The quantitative estimate of drug-likeness (QED) is 0.529. The lowest BCUT2D eigenvalue weighted by molar-refractivity contribution is -0.113. The highest BCUT2D eigenvalue weighted by Crippen LogP contribution is 2.17. The van der Waals surface area contributed by atoms with Crippen molar-refractivity contribution in [1.82, 2.24) is 19.2 Å². The zero-order valence-corrected chi connectivity index (χ0v) is 15.9. The number of amides is 1. The summed E-state index contributed by atoms with van der Waals surface area (Å²) >= 11 is 1.23. The average Bonchev–Trinajstić information content (AvgIpc) is 3.11. The minimum absolute atomic E-state index is 0.148. The van der Waals surface area contributed by atoms with E-state index in [9.17, 15) is 9.59 Å². The molecule has 7 nitrogen and oxygen atoms in total. The number of anilines is 1. The van der Waals surface area contributed by atoms with Crippen LogP contribution in [0.15, 0.2) is 76.9 Å². The molecule has 4 rings (SSSR count). The Balaban J connectivity index is 1.51. The van der Waals surface area contributed by atoms with Crippen molar-refractivity contribution in [1.29, 1.82) is 0 Å². The van der Waals surface area contributed by atoms with Crippen molar-refractivity contribution in [3.05, 3.63) is 82.9 Å². The van der Waals surface area contributed by atoms with E-state index >= 15 is 0 Å². The summed E-state index contributed by atoms with van der Waals surface area (Å²) in [4.78, 5) is 24.9. The van der Waals surface area contributed by atoms with Crippen LogP contribution in [0.5, 0.6) is 0 Å². The second-order valence-corrected chi connectivity index (χ2v) is 7.13. The number of rotatable bonds is 5. The Morgan fingerprint density at radius 3 is 2.68 bits per heavy atom. The molecule has 2 aromatic heterocycles. The molecular weight excluding hydrogens is 374 g/mol. The van der Waals surface area contributed by atoms with Crippen molar-refractivity contribution >= 4 is 29.0 Å². The van der Waals surface area contributed by atoms with E-state index < -0.39 is 0 Å². The van der Waals surface area contributed by atoms with Gasteiger partial charge in [0.2, 0.25) is 11.6 Å². The number of carbonyl (C=O) groups excluding carboxylic acids is 1. The maximum absolute atomic E-state index is 12.7. The molecule has 0 saturated heterocycles. The van der Waals surface area contributed by atoms with E-state index in [-0.39, 0.29) is 22.9 Å². The largest absolute Gasteiger partial charge is 0.325 e. The molecule has 8 heteroatoms. The van der Waals surface area contributed by atoms with Gasteiger partial charge < -0.3 is 5.32 Å². The van der Waals surface area contributed by atoms with Gasteiger partial charge >= 0.3 is 5.56 Å². The number of carbonyl (C=O) groups is 1. The monoisotopic (exact) mass is 391 g/mol. The maximum Gasteiger partial charge on any atom is 0.300 e. The van der Waals surface area contributed by atoms with Gasteiger partial charge in [-0.05, 0) is 36.8 Å². The van der Waals surface area contributed by atoms with E-state index in [0.717, 1.165) is 16.9 Å². The van der Waals surface area contributed by atoms with Crippen molar-refractivity contribution in [2.75, 3.05) is 11.1 Å². The van der Waals surface area contributed by atoms with Crippen LogP contribution < -0.4 is 10.9 Å². The van der Waals surface area contributed by atoms with E-state index in [1.807, 2.05) is 61.5 Å². The number of fused-ring (bicyclic) bond motifs is 1. The van der Waals surface area contributed by atoms with Crippen LogP contribution in [0.4, 0.5) is 5.69 Å². The van der Waals surface area contributed by atoms with Crippen LogP contribution >= 0.6 is 11.8 Å². The predicted octanol–water partition coefficient (Wildman–Crippen LogP) is 2.92. The first-order valence-corrected chi connectivity index (χ1v) is 9.61. The summed E-state index contributed by atoms with van der Waals surface area (Å²) in [5.41, 5.74) is 2.53. The van der Waals surface area contributed by atoms with Crippen LogP contribution in [0.2, 0.25) is 0 Å². The number of para-hydroxylation sites is 1.